The Morgan fingerprint density at radius 1 is 1.00 bits per heavy atom. The van der Waals surface area contributed by atoms with Gasteiger partial charge in [0, 0.05) is 30.2 Å². The monoisotopic (exact) mass is 469 g/mol. The van der Waals surface area contributed by atoms with Crippen molar-refractivity contribution in [2.24, 2.45) is 0 Å². The van der Waals surface area contributed by atoms with Crippen LogP contribution >= 0.6 is 11.3 Å². The number of hydrogen-bond donors (Lipinski definition) is 2. The lowest BCUT2D eigenvalue weighted by Gasteiger charge is -2.26. The van der Waals surface area contributed by atoms with Gasteiger partial charge in [0.25, 0.3) is 15.9 Å². The maximum absolute atomic E-state index is 13.2. The standard InChI is InChI=1S/C24H27N3O3S2/c1-16-15-17(2)22(27-12-7-8-13-27)18(3)21(16)25-24(28)23-20(11-14-31-23)32(29,30)26-19-9-5-4-6-10-19/h4-6,9-11,14-15,26H,7-8,12-13H2,1-3H3,(H,25,28). The second-order valence-corrected chi connectivity index (χ2v) is 10.7. The molecule has 0 bridgehead atoms. The molecule has 2 heterocycles. The van der Waals surface area contributed by atoms with Gasteiger partial charge in [0.15, 0.2) is 0 Å². The number of carbonyl (C=O) groups is 1. The first kappa shape index (κ1) is 22.4. The lowest BCUT2D eigenvalue weighted by molar-refractivity contribution is 0.102. The van der Waals surface area contributed by atoms with E-state index in [2.05, 4.69) is 27.9 Å². The quantitative estimate of drug-likeness (QED) is 0.512. The van der Waals surface area contributed by atoms with Crippen molar-refractivity contribution in [2.45, 2.75) is 38.5 Å². The van der Waals surface area contributed by atoms with Gasteiger partial charge in [-0.25, -0.2) is 8.42 Å². The van der Waals surface area contributed by atoms with Crippen LogP contribution in [0.3, 0.4) is 0 Å². The summed E-state index contributed by atoms with van der Waals surface area (Å²) in [6, 6.07) is 12.2. The molecule has 1 amide bonds. The number of sulfonamides is 1. The Hall–Kier alpha value is -2.84. The van der Waals surface area contributed by atoms with Gasteiger partial charge >= 0.3 is 0 Å². The summed E-state index contributed by atoms with van der Waals surface area (Å²) in [6.07, 6.45) is 2.33. The van der Waals surface area contributed by atoms with Crippen LogP contribution in [-0.4, -0.2) is 27.4 Å². The zero-order valence-electron chi connectivity index (χ0n) is 18.4. The fourth-order valence-corrected chi connectivity index (χ4v) is 6.74. The highest BCUT2D eigenvalue weighted by molar-refractivity contribution is 7.93. The highest BCUT2D eigenvalue weighted by atomic mass is 32.2. The molecule has 2 N–H and O–H groups in total. The second kappa shape index (κ2) is 8.96. The van der Waals surface area contributed by atoms with E-state index in [1.807, 2.05) is 19.9 Å². The van der Waals surface area contributed by atoms with Gasteiger partial charge in [-0.1, -0.05) is 24.3 Å². The lowest BCUT2D eigenvalue weighted by atomic mass is 10.0. The normalized spacial score (nSPS) is 13.9. The van der Waals surface area contributed by atoms with Crippen molar-refractivity contribution < 1.29 is 13.2 Å². The van der Waals surface area contributed by atoms with Crippen LogP contribution in [0.2, 0.25) is 0 Å². The fourth-order valence-electron chi connectivity index (χ4n) is 4.36. The van der Waals surface area contributed by atoms with Crippen molar-refractivity contribution in [1.29, 1.82) is 0 Å². The first-order valence-corrected chi connectivity index (χ1v) is 13.0. The van der Waals surface area contributed by atoms with Gasteiger partial charge in [-0.15, -0.1) is 11.3 Å². The van der Waals surface area contributed by atoms with Gasteiger partial charge < -0.3 is 10.2 Å². The predicted molar refractivity (Wildman–Crippen MR) is 132 cm³/mol. The SMILES string of the molecule is Cc1cc(C)c(N2CCCC2)c(C)c1NC(=O)c1sccc1S(=O)(=O)Nc1ccccc1. The zero-order chi connectivity index (χ0) is 22.9. The molecule has 0 radical (unpaired) electrons. The van der Waals surface area contributed by atoms with Gasteiger partial charge in [0.05, 0.1) is 0 Å². The molecule has 3 aromatic rings. The van der Waals surface area contributed by atoms with E-state index in [9.17, 15) is 13.2 Å². The first-order chi connectivity index (χ1) is 15.3. The number of hydrogen-bond acceptors (Lipinski definition) is 5. The molecule has 1 fully saturated rings. The third-order valence-corrected chi connectivity index (χ3v) is 8.21. The number of nitrogens with one attached hydrogen (secondary N) is 2. The number of carbonyl (C=O) groups excluding carboxylic acids is 1. The van der Waals surface area contributed by atoms with E-state index >= 15 is 0 Å². The van der Waals surface area contributed by atoms with Gasteiger partial charge in [0.2, 0.25) is 0 Å². The third kappa shape index (κ3) is 4.38. The van der Waals surface area contributed by atoms with Crippen molar-refractivity contribution in [2.75, 3.05) is 28.0 Å². The summed E-state index contributed by atoms with van der Waals surface area (Å²) in [5.74, 6) is -0.420. The molecule has 32 heavy (non-hydrogen) atoms. The summed E-state index contributed by atoms with van der Waals surface area (Å²) in [5.41, 5.74) is 5.51. The second-order valence-electron chi connectivity index (χ2n) is 8.09. The summed E-state index contributed by atoms with van der Waals surface area (Å²) >= 11 is 1.12. The van der Waals surface area contributed by atoms with Crippen molar-refractivity contribution >= 4 is 44.3 Å². The van der Waals surface area contributed by atoms with Crippen molar-refractivity contribution in [1.82, 2.24) is 0 Å². The number of aryl methyl sites for hydroxylation is 2. The van der Waals surface area contributed by atoms with Crippen LogP contribution < -0.4 is 14.9 Å². The summed E-state index contributed by atoms with van der Waals surface area (Å²) in [4.78, 5) is 15.7. The molecular formula is C24H27N3O3S2. The molecule has 1 aliphatic heterocycles. The van der Waals surface area contributed by atoms with Gasteiger partial charge in [-0.05, 0) is 73.9 Å². The van der Waals surface area contributed by atoms with Crippen molar-refractivity contribution in [3.63, 3.8) is 0 Å². The van der Waals surface area contributed by atoms with E-state index in [1.54, 1.807) is 29.6 Å². The summed E-state index contributed by atoms with van der Waals surface area (Å²) < 4.78 is 28.5. The Bertz CT molecular complexity index is 1240. The minimum absolute atomic E-state index is 0.0222. The Morgan fingerprint density at radius 2 is 1.69 bits per heavy atom. The van der Waals surface area contributed by atoms with Crippen LogP contribution in [0.1, 0.15) is 39.2 Å². The highest BCUT2D eigenvalue weighted by Crippen LogP contribution is 2.36. The summed E-state index contributed by atoms with van der Waals surface area (Å²) in [7, 11) is -3.89. The number of anilines is 3. The number of nitrogens with zero attached hydrogens (tertiary/aromatic N) is 1. The first-order valence-electron chi connectivity index (χ1n) is 10.6. The fraction of sp³-hybridized carbons (Fsp3) is 0.292. The number of thiophene rings is 1. The number of amides is 1. The van der Waals surface area contributed by atoms with Crippen LogP contribution in [0.4, 0.5) is 17.1 Å². The molecule has 1 aromatic heterocycles. The molecule has 1 aliphatic rings. The minimum atomic E-state index is -3.89. The van der Waals surface area contributed by atoms with E-state index in [0.717, 1.165) is 46.9 Å². The number of rotatable bonds is 6. The van der Waals surface area contributed by atoms with Crippen LogP contribution in [0.5, 0.6) is 0 Å². The molecule has 0 saturated carbocycles. The average Bonchev–Trinajstić information content (AvgIpc) is 3.44. The van der Waals surface area contributed by atoms with Gasteiger partial charge in [0.1, 0.15) is 9.77 Å². The Morgan fingerprint density at radius 3 is 2.38 bits per heavy atom. The molecule has 2 aromatic carbocycles. The van der Waals surface area contributed by atoms with E-state index in [-0.39, 0.29) is 9.77 Å². The maximum Gasteiger partial charge on any atom is 0.267 e. The molecule has 0 spiro atoms. The van der Waals surface area contributed by atoms with Crippen LogP contribution in [0.15, 0.2) is 52.7 Å². The number of para-hydroxylation sites is 1. The maximum atomic E-state index is 13.2. The molecular weight excluding hydrogens is 442 g/mol. The summed E-state index contributed by atoms with van der Waals surface area (Å²) in [6.45, 7) is 8.10. The number of benzene rings is 2. The van der Waals surface area contributed by atoms with Gasteiger partial charge in [-0.3, -0.25) is 9.52 Å². The Kier molecular flexibility index (Phi) is 6.26. The third-order valence-electron chi connectivity index (χ3n) is 5.74. The van der Waals surface area contributed by atoms with E-state index in [4.69, 9.17) is 0 Å². The zero-order valence-corrected chi connectivity index (χ0v) is 20.1. The Labute approximate surface area is 193 Å². The molecule has 4 rings (SSSR count). The van der Waals surface area contributed by atoms with E-state index < -0.39 is 15.9 Å². The molecule has 8 heteroatoms. The van der Waals surface area contributed by atoms with Crippen LogP contribution in [0, 0.1) is 20.8 Å². The van der Waals surface area contributed by atoms with Crippen molar-refractivity contribution in [3.05, 3.63) is 69.4 Å². The highest BCUT2D eigenvalue weighted by Gasteiger charge is 2.26. The smallest absolute Gasteiger partial charge is 0.267 e. The molecule has 168 valence electrons. The minimum Gasteiger partial charge on any atom is -0.371 e. The predicted octanol–water partition coefficient (Wildman–Crippen LogP) is 5.33. The molecule has 6 nitrogen and oxygen atoms in total. The lowest BCUT2D eigenvalue weighted by Crippen LogP contribution is -2.22. The average molecular weight is 470 g/mol. The Balaban J connectivity index is 1.64. The van der Waals surface area contributed by atoms with Gasteiger partial charge in [-0.2, -0.15) is 0 Å². The van der Waals surface area contributed by atoms with Crippen LogP contribution in [-0.2, 0) is 10.0 Å². The molecule has 0 unspecified atom stereocenters. The molecule has 0 atom stereocenters. The largest absolute Gasteiger partial charge is 0.371 e. The van der Waals surface area contributed by atoms with Crippen LogP contribution in [0.25, 0.3) is 0 Å². The summed E-state index contributed by atoms with van der Waals surface area (Å²) in [5, 5.41) is 4.62. The van der Waals surface area contributed by atoms with Crippen molar-refractivity contribution in [3.8, 4) is 0 Å². The van der Waals surface area contributed by atoms with E-state index in [1.165, 1.54) is 24.5 Å². The molecule has 0 aliphatic carbocycles. The molecule has 1 saturated heterocycles. The van der Waals surface area contributed by atoms with E-state index in [0.29, 0.717) is 5.69 Å². The topological polar surface area (TPSA) is 78.5 Å².